The fourth-order valence-electron chi connectivity index (χ4n) is 1.90. The number of rotatable bonds is 9. The van der Waals surface area contributed by atoms with Gasteiger partial charge in [-0.15, -0.1) is 0 Å². The minimum absolute atomic E-state index is 0.277. The molecule has 0 N–H and O–H groups in total. The largest absolute Gasteiger partial charge is 0.491 e. The summed E-state index contributed by atoms with van der Waals surface area (Å²) in [6.45, 7) is 7.13. The second-order valence-corrected chi connectivity index (χ2v) is 4.90. The zero-order chi connectivity index (χ0) is 13.8. The molecule has 2 heterocycles. The second kappa shape index (κ2) is 6.15. The Bertz CT molecular complexity index is 440. The summed E-state index contributed by atoms with van der Waals surface area (Å²) < 4.78 is 21.3. The van der Waals surface area contributed by atoms with Gasteiger partial charge in [-0.2, -0.15) is 0 Å². The van der Waals surface area contributed by atoms with Crippen molar-refractivity contribution in [2.24, 2.45) is 0 Å². The van der Waals surface area contributed by atoms with Gasteiger partial charge in [0.25, 0.3) is 0 Å². The van der Waals surface area contributed by atoms with Gasteiger partial charge in [0.2, 0.25) is 0 Å². The third-order valence-electron chi connectivity index (χ3n) is 3.21. The van der Waals surface area contributed by atoms with Crippen LogP contribution in [0.1, 0.15) is 0 Å². The molecule has 5 nitrogen and oxygen atoms in total. The first kappa shape index (κ1) is 13.3. The van der Waals surface area contributed by atoms with E-state index in [1.165, 1.54) is 6.26 Å². The molecular formula is C15H19NO4. The van der Waals surface area contributed by atoms with Gasteiger partial charge >= 0.3 is 0 Å². The van der Waals surface area contributed by atoms with Crippen LogP contribution in [0.2, 0.25) is 0 Å². The van der Waals surface area contributed by atoms with Gasteiger partial charge in [-0.3, -0.25) is 0 Å². The van der Waals surface area contributed by atoms with E-state index in [4.69, 9.17) is 18.9 Å². The van der Waals surface area contributed by atoms with E-state index in [1.54, 1.807) is 0 Å². The number of hydrogen-bond acceptors (Lipinski definition) is 5. The lowest BCUT2D eigenvalue weighted by molar-refractivity contribution is 0.244. The second-order valence-electron chi connectivity index (χ2n) is 4.90. The first-order valence-electron chi connectivity index (χ1n) is 6.78. The van der Waals surface area contributed by atoms with E-state index >= 15 is 0 Å². The van der Waals surface area contributed by atoms with Gasteiger partial charge in [0.1, 0.15) is 18.5 Å². The molecule has 2 unspecified atom stereocenters. The maximum Gasteiger partial charge on any atom is 0.160 e. The highest BCUT2D eigenvalue weighted by Crippen LogP contribution is 2.23. The fraction of sp³-hybridized carbons (Fsp3) is 0.467. The lowest BCUT2D eigenvalue weighted by atomic mass is 10.2. The van der Waals surface area contributed by atoms with E-state index in [2.05, 4.69) is 11.5 Å². The van der Waals surface area contributed by atoms with E-state index in [-0.39, 0.29) is 6.10 Å². The van der Waals surface area contributed by atoms with Crippen LogP contribution in [0.3, 0.4) is 0 Å². The normalized spacial score (nSPS) is 23.0. The molecule has 0 spiro atoms. The Morgan fingerprint density at radius 1 is 1.20 bits per heavy atom. The molecule has 3 rings (SSSR count). The van der Waals surface area contributed by atoms with Crippen molar-refractivity contribution >= 4 is 5.69 Å². The number of hydrogen-bond donors (Lipinski definition) is 0. The smallest absolute Gasteiger partial charge is 0.160 e. The molecule has 0 aromatic heterocycles. The average molecular weight is 277 g/mol. The molecule has 0 saturated carbocycles. The molecule has 2 aliphatic heterocycles. The zero-order valence-electron chi connectivity index (χ0n) is 11.4. The third kappa shape index (κ3) is 3.88. The Balaban J connectivity index is 1.57. The van der Waals surface area contributed by atoms with E-state index in [0.717, 1.165) is 31.2 Å². The Hall–Kier alpha value is -1.72. The Morgan fingerprint density at radius 2 is 1.90 bits per heavy atom. The Kier molecular flexibility index (Phi) is 4.08. The molecule has 5 heteroatoms. The number of benzene rings is 1. The molecule has 20 heavy (non-hydrogen) atoms. The number of nitrogens with zero attached hydrogens (tertiary/aromatic N) is 1. The van der Waals surface area contributed by atoms with Crippen molar-refractivity contribution in [1.82, 2.24) is 0 Å². The molecular weight excluding hydrogens is 258 g/mol. The van der Waals surface area contributed by atoms with Gasteiger partial charge in [-0.25, -0.2) is 0 Å². The monoisotopic (exact) mass is 277 g/mol. The van der Waals surface area contributed by atoms with Crippen molar-refractivity contribution in [2.45, 2.75) is 12.2 Å². The van der Waals surface area contributed by atoms with Crippen LogP contribution in [-0.4, -0.2) is 45.3 Å². The number of epoxide rings is 2. The van der Waals surface area contributed by atoms with E-state index < -0.39 is 0 Å². The summed E-state index contributed by atoms with van der Waals surface area (Å²) in [5.74, 6) is 0.858. The topological polar surface area (TPSA) is 46.8 Å². The highest BCUT2D eigenvalue weighted by molar-refractivity contribution is 5.49. The molecule has 1 aromatic rings. The molecule has 1 aromatic carbocycles. The lowest BCUT2D eigenvalue weighted by Gasteiger charge is -2.23. The van der Waals surface area contributed by atoms with Gasteiger partial charge < -0.3 is 23.8 Å². The summed E-state index contributed by atoms with van der Waals surface area (Å²) in [7, 11) is 0. The summed E-state index contributed by atoms with van der Waals surface area (Å²) in [6, 6.07) is 7.98. The van der Waals surface area contributed by atoms with Crippen LogP contribution in [0.25, 0.3) is 0 Å². The minimum atomic E-state index is 0.277. The predicted molar refractivity (Wildman–Crippen MR) is 74.9 cm³/mol. The van der Waals surface area contributed by atoms with Crippen molar-refractivity contribution in [2.75, 3.05) is 38.0 Å². The van der Waals surface area contributed by atoms with Crippen LogP contribution in [0, 0.1) is 0 Å². The predicted octanol–water partition coefficient (Wildman–Crippen LogP) is 1.79. The first-order valence-corrected chi connectivity index (χ1v) is 6.78. The summed E-state index contributed by atoms with van der Waals surface area (Å²) in [6.07, 6.45) is 2.04. The number of ether oxygens (including phenoxy) is 4. The Labute approximate surface area is 118 Å². The Morgan fingerprint density at radius 3 is 2.50 bits per heavy atom. The SMILES string of the molecule is C=COCN(CC1CO1)c1ccc(OCC2CO2)cc1. The average Bonchev–Trinajstić information content (AvgIpc) is 3.37. The summed E-state index contributed by atoms with van der Waals surface area (Å²) in [4.78, 5) is 2.12. The standard InChI is InChI=1S/C15H19NO4/c1-2-17-11-16(7-14-8-19-14)12-3-5-13(6-4-12)18-9-15-10-20-15/h2-6,14-15H,1,7-11H2. The van der Waals surface area contributed by atoms with Crippen molar-refractivity contribution in [1.29, 1.82) is 0 Å². The summed E-state index contributed by atoms with van der Waals surface area (Å²) in [5.41, 5.74) is 1.08. The lowest BCUT2D eigenvalue weighted by Crippen LogP contribution is -2.29. The third-order valence-corrected chi connectivity index (χ3v) is 3.21. The number of anilines is 1. The van der Waals surface area contributed by atoms with Crippen LogP contribution >= 0.6 is 0 Å². The quantitative estimate of drug-likeness (QED) is 0.391. The van der Waals surface area contributed by atoms with E-state index in [1.807, 2.05) is 24.3 Å². The molecule has 0 radical (unpaired) electrons. The van der Waals surface area contributed by atoms with Crippen LogP contribution in [0.4, 0.5) is 5.69 Å². The molecule has 2 fully saturated rings. The van der Waals surface area contributed by atoms with Crippen molar-refractivity contribution in [3.63, 3.8) is 0 Å². The molecule has 0 bridgehead atoms. The molecule has 0 aliphatic carbocycles. The van der Waals surface area contributed by atoms with E-state index in [0.29, 0.717) is 19.4 Å². The molecule has 2 atom stereocenters. The van der Waals surface area contributed by atoms with Crippen LogP contribution < -0.4 is 9.64 Å². The molecule has 0 amide bonds. The fourth-order valence-corrected chi connectivity index (χ4v) is 1.90. The van der Waals surface area contributed by atoms with Crippen LogP contribution in [0.15, 0.2) is 37.1 Å². The van der Waals surface area contributed by atoms with Crippen molar-refractivity contribution < 1.29 is 18.9 Å². The molecule has 108 valence electrons. The van der Waals surface area contributed by atoms with Gasteiger partial charge in [0.15, 0.2) is 6.73 Å². The van der Waals surface area contributed by atoms with Crippen LogP contribution in [0.5, 0.6) is 5.75 Å². The van der Waals surface area contributed by atoms with Gasteiger partial charge in [0, 0.05) is 12.2 Å². The summed E-state index contributed by atoms with van der Waals surface area (Å²) >= 11 is 0. The molecule has 2 saturated heterocycles. The highest BCUT2D eigenvalue weighted by atomic mass is 16.6. The maximum atomic E-state index is 5.62. The maximum absolute atomic E-state index is 5.62. The van der Waals surface area contributed by atoms with Crippen molar-refractivity contribution in [3.05, 3.63) is 37.1 Å². The zero-order valence-corrected chi connectivity index (χ0v) is 11.4. The van der Waals surface area contributed by atoms with Crippen LogP contribution in [-0.2, 0) is 14.2 Å². The summed E-state index contributed by atoms with van der Waals surface area (Å²) in [5, 5.41) is 0. The van der Waals surface area contributed by atoms with Crippen molar-refractivity contribution in [3.8, 4) is 5.75 Å². The van der Waals surface area contributed by atoms with Gasteiger partial charge in [0.05, 0.1) is 25.6 Å². The first-order chi connectivity index (χ1) is 9.85. The highest BCUT2D eigenvalue weighted by Gasteiger charge is 2.26. The van der Waals surface area contributed by atoms with Gasteiger partial charge in [-0.05, 0) is 24.3 Å². The van der Waals surface area contributed by atoms with Gasteiger partial charge in [-0.1, -0.05) is 6.58 Å². The van der Waals surface area contributed by atoms with E-state index in [9.17, 15) is 0 Å². The minimum Gasteiger partial charge on any atom is -0.491 e. The molecule has 2 aliphatic rings.